The van der Waals surface area contributed by atoms with Gasteiger partial charge in [-0.2, -0.15) is 0 Å². The molecule has 2 aromatic heterocycles. The molecule has 0 fully saturated rings. The Bertz CT molecular complexity index is 734. The number of aliphatic imine (C=N–C) groups is 2. The maximum Gasteiger partial charge on any atom is 0.0843 e. The van der Waals surface area contributed by atoms with E-state index in [-0.39, 0.29) is 6.04 Å². The van der Waals surface area contributed by atoms with Gasteiger partial charge in [0.1, 0.15) is 0 Å². The number of rotatable bonds is 3. The standard InChI is InChI=1S/C18H18N4/c1-2-9-19-15(4-1)17-7-6-14(22-17)13-8-11-21-18(12-13)16-5-3-10-20-16/h1-2,4,8-9,11-12,14H,3,5-7,10H2. The third-order valence-corrected chi connectivity index (χ3v) is 4.27. The van der Waals surface area contributed by atoms with E-state index in [0.717, 1.165) is 55.0 Å². The number of hydrogen-bond donors (Lipinski definition) is 0. The van der Waals surface area contributed by atoms with Crippen molar-refractivity contribution >= 4 is 11.4 Å². The Morgan fingerprint density at radius 1 is 0.909 bits per heavy atom. The topological polar surface area (TPSA) is 50.5 Å². The van der Waals surface area contributed by atoms with Crippen molar-refractivity contribution in [1.82, 2.24) is 9.97 Å². The van der Waals surface area contributed by atoms with Crippen LogP contribution in [0.2, 0.25) is 0 Å². The second-order valence-electron chi connectivity index (χ2n) is 5.75. The van der Waals surface area contributed by atoms with E-state index >= 15 is 0 Å². The number of aromatic nitrogens is 2. The quantitative estimate of drug-likeness (QED) is 0.870. The molecule has 0 N–H and O–H groups in total. The highest BCUT2D eigenvalue weighted by Gasteiger charge is 2.22. The fourth-order valence-corrected chi connectivity index (χ4v) is 3.12. The van der Waals surface area contributed by atoms with Gasteiger partial charge in [0.25, 0.3) is 0 Å². The molecule has 22 heavy (non-hydrogen) atoms. The summed E-state index contributed by atoms with van der Waals surface area (Å²) in [6, 6.07) is 10.5. The SMILES string of the molecule is c1ccc(C2=NC(c3ccnc(C4=NCCC4)c3)CC2)nc1. The first kappa shape index (κ1) is 13.3. The summed E-state index contributed by atoms with van der Waals surface area (Å²) in [6.45, 7) is 0.937. The zero-order valence-electron chi connectivity index (χ0n) is 12.4. The molecule has 2 aliphatic heterocycles. The van der Waals surface area contributed by atoms with E-state index in [4.69, 9.17) is 4.99 Å². The molecule has 1 atom stereocenters. The van der Waals surface area contributed by atoms with Crippen LogP contribution in [0.4, 0.5) is 0 Å². The summed E-state index contributed by atoms with van der Waals surface area (Å²) in [7, 11) is 0. The predicted molar refractivity (Wildman–Crippen MR) is 87.6 cm³/mol. The first-order valence-corrected chi connectivity index (χ1v) is 7.88. The van der Waals surface area contributed by atoms with Crippen LogP contribution >= 0.6 is 0 Å². The lowest BCUT2D eigenvalue weighted by Crippen LogP contribution is -2.02. The third-order valence-electron chi connectivity index (χ3n) is 4.27. The van der Waals surface area contributed by atoms with E-state index in [9.17, 15) is 0 Å². The van der Waals surface area contributed by atoms with Crippen molar-refractivity contribution < 1.29 is 0 Å². The summed E-state index contributed by atoms with van der Waals surface area (Å²) in [4.78, 5) is 18.3. The van der Waals surface area contributed by atoms with Crippen molar-refractivity contribution in [3.05, 3.63) is 59.7 Å². The summed E-state index contributed by atoms with van der Waals surface area (Å²) < 4.78 is 0. The summed E-state index contributed by atoms with van der Waals surface area (Å²) in [5.41, 5.74) is 5.53. The number of pyridine rings is 2. The molecule has 0 spiro atoms. The Balaban J connectivity index is 1.60. The molecule has 0 radical (unpaired) electrons. The van der Waals surface area contributed by atoms with Crippen LogP contribution in [0.1, 0.15) is 48.7 Å². The van der Waals surface area contributed by atoms with Crippen LogP contribution in [0.15, 0.2) is 52.7 Å². The van der Waals surface area contributed by atoms with Gasteiger partial charge in [0.2, 0.25) is 0 Å². The van der Waals surface area contributed by atoms with E-state index in [2.05, 4.69) is 27.1 Å². The Hall–Kier alpha value is -2.36. The normalized spacial score (nSPS) is 20.8. The second kappa shape index (κ2) is 5.79. The van der Waals surface area contributed by atoms with E-state index in [1.165, 1.54) is 5.56 Å². The van der Waals surface area contributed by atoms with Crippen molar-refractivity contribution in [2.45, 2.75) is 31.7 Å². The molecular formula is C18H18N4. The van der Waals surface area contributed by atoms with Gasteiger partial charge in [0.05, 0.1) is 28.9 Å². The van der Waals surface area contributed by atoms with E-state index < -0.39 is 0 Å². The Morgan fingerprint density at radius 2 is 1.86 bits per heavy atom. The molecule has 4 nitrogen and oxygen atoms in total. The monoisotopic (exact) mass is 290 g/mol. The van der Waals surface area contributed by atoms with E-state index in [1.807, 2.05) is 30.6 Å². The van der Waals surface area contributed by atoms with Crippen LogP contribution in [0.25, 0.3) is 0 Å². The number of nitrogens with zero attached hydrogens (tertiary/aromatic N) is 4. The Morgan fingerprint density at radius 3 is 2.68 bits per heavy atom. The molecule has 4 heteroatoms. The molecule has 0 aromatic carbocycles. The van der Waals surface area contributed by atoms with Gasteiger partial charge in [-0.15, -0.1) is 0 Å². The molecule has 110 valence electrons. The van der Waals surface area contributed by atoms with E-state index in [1.54, 1.807) is 0 Å². The average molecular weight is 290 g/mol. The highest BCUT2D eigenvalue weighted by Crippen LogP contribution is 2.31. The predicted octanol–water partition coefficient (Wildman–Crippen LogP) is 3.38. The van der Waals surface area contributed by atoms with Gasteiger partial charge in [-0.1, -0.05) is 6.07 Å². The van der Waals surface area contributed by atoms with Crippen molar-refractivity contribution in [3.8, 4) is 0 Å². The first-order valence-electron chi connectivity index (χ1n) is 7.88. The van der Waals surface area contributed by atoms with Crippen LogP contribution in [0.5, 0.6) is 0 Å². The van der Waals surface area contributed by atoms with Crippen LogP contribution in [0.3, 0.4) is 0 Å². The first-order chi connectivity index (χ1) is 10.9. The molecule has 0 aliphatic carbocycles. The minimum Gasteiger partial charge on any atom is -0.288 e. The fourth-order valence-electron chi connectivity index (χ4n) is 3.12. The van der Waals surface area contributed by atoms with Crippen molar-refractivity contribution in [2.24, 2.45) is 9.98 Å². The maximum absolute atomic E-state index is 4.88. The lowest BCUT2D eigenvalue weighted by atomic mass is 10.0. The highest BCUT2D eigenvalue weighted by molar-refractivity contribution is 6.01. The summed E-state index contributed by atoms with van der Waals surface area (Å²) in [6.07, 6.45) is 7.94. The molecule has 0 saturated heterocycles. The zero-order valence-corrected chi connectivity index (χ0v) is 12.4. The van der Waals surface area contributed by atoms with E-state index in [0.29, 0.717) is 0 Å². The molecule has 4 heterocycles. The average Bonchev–Trinajstić information content (AvgIpc) is 3.28. The molecule has 2 aromatic rings. The third kappa shape index (κ3) is 2.56. The Kier molecular flexibility index (Phi) is 3.51. The minimum atomic E-state index is 0.223. The van der Waals surface area contributed by atoms with Crippen molar-refractivity contribution in [1.29, 1.82) is 0 Å². The lowest BCUT2D eigenvalue weighted by molar-refractivity contribution is 0.721. The summed E-state index contributed by atoms with van der Waals surface area (Å²) in [5, 5.41) is 0. The largest absolute Gasteiger partial charge is 0.288 e. The summed E-state index contributed by atoms with van der Waals surface area (Å²) >= 11 is 0. The molecule has 2 aliphatic rings. The Labute approximate surface area is 130 Å². The minimum absolute atomic E-state index is 0.223. The molecule has 1 unspecified atom stereocenters. The molecular weight excluding hydrogens is 272 g/mol. The second-order valence-corrected chi connectivity index (χ2v) is 5.75. The van der Waals surface area contributed by atoms with Gasteiger partial charge in [0.15, 0.2) is 0 Å². The molecule has 0 amide bonds. The molecule has 4 rings (SSSR count). The molecule has 0 saturated carbocycles. The number of hydrogen-bond acceptors (Lipinski definition) is 4. The van der Waals surface area contributed by atoms with Crippen LogP contribution < -0.4 is 0 Å². The van der Waals surface area contributed by atoms with Crippen molar-refractivity contribution in [3.63, 3.8) is 0 Å². The fraction of sp³-hybridized carbons (Fsp3) is 0.333. The van der Waals surface area contributed by atoms with Crippen molar-refractivity contribution in [2.75, 3.05) is 6.54 Å². The van der Waals surface area contributed by atoms with Crippen LogP contribution in [0, 0.1) is 0 Å². The van der Waals surface area contributed by atoms with Gasteiger partial charge in [0, 0.05) is 18.9 Å². The smallest absolute Gasteiger partial charge is 0.0843 e. The van der Waals surface area contributed by atoms with Gasteiger partial charge < -0.3 is 0 Å². The van der Waals surface area contributed by atoms with Gasteiger partial charge in [-0.3, -0.25) is 20.0 Å². The maximum atomic E-state index is 4.88. The van der Waals surface area contributed by atoms with Crippen LogP contribution in [-0.4, -0.2) is 27.9 Å². The van der Waals surface area contributed by atoms with Gasteiger partial charge in [-0.25, -0.2) is 0 Å². The van der Waals surface area contributed by atoms with Crippen LogP contribution in [-0.2, 0) is 0 Å². The lowest BCUT2D eigenvalue weighted by Gasteiger charge is -2.08. The van der Waals surface area contributed by atoms with Gasteiger partial charge >= 0.3 is 0 Å². The highest BCUT2D eigenvalue weighted by atomic mass is 14.9. The zero-order chi connectivity index (χ0) is 14.8. The van der Waals surface area contributed by atoms with Gasteiger partial charge in [-0.05, 0) is 55.5 Å². The summed E-state index contributed by atoms with van der Waals surface area (Å²) in [5.74, 6) is 0. The molecule has 0 bridgehead atoms.